The highest BCUT2D eigenvalue weighted by Crippen LogP contribution is 2.34. The van der Waals surface area contributed by atoms with Crippen molar-refractivity contribution in [2.75, 3.05) is 7.11 Å². The molecule has 1 fully saturated rings. The lowest BCUT2D eigenvalue weighted by atomic mass is 9.87. The maximum atomic E-state index is 10.8. The molecular weight excluding hydrogens is 236 g/mol. The molecule has 0 aliphatic heterocycles. The first kappa shape index (κ1) is 14.4. The Morgan fingerprint density at radius 2 is 2.16 bits per heavy atom. The highest BCUT2D eigenvalue weighted by Gasteiger charge is 2.30. The fourth-order valence-corrected chi connectivity index (χ4v) is 3.21. The van der Waals surface area contributed by atoms with Gasteiger partial charge in [0.15, 0.2) is 0 Å². The Kier molecular flexibility index (Phi) is 4.87. The molecule has 2 nitrogen and oxygen atoms in total. The van der Waals surface area contributed by atoms with Gasteiger partial charge in [-0.3, -0.25) is 0 Å². The van der Waals surface area contributed by atoms with E-state index >= 15 is 0 Å². The third-order valence-corrected chi connectivity index (χ3v) is 4.52. The van der Waals surface area contributed by atoms with Gasteiger partial charge in [-0.2, -0.15) is 0 Å². The molecule has 2 heteroatoms. The van der Waals surface area contributed by atoms with E-state index in [9.17, 15) is 5.11 Å². The van der Waals surface area contributed by atoms with Crippen LogP contribution < -0.4 is 4.74 Å². The summed E-state index contributed by atoms with van der Waals surface area (Å²) < 4.78 is 5.25. The Bertz CT molecular complexity index is 402. The first-order chi connectivity index (χ1) is 9.15. The Morgan fingerprint density at radius 3 is 2.89 bits per heavy atom. The lowest BCUT2D eigenvalue weighted by Gasteiger charge is -2.27. The van der Waals surface area contributed by atoms with E-state index in [0.29, 0.717) is 0 Å². The van der Waals surface area contributed by atoms with Crippen molar-refractivity contribution < 1.29 is 9.84 Å². The zero-order valence-electron chi connectivity index (χ0n) is 12.2. The molecule has 1 aromatic carbocycles. The Labute approximate surface area is 116 Å². The smallest absolute Gasteiger partial charge is 0.119 e. The fourth-order valence-electron chi connectivity index (χ4n) is 3.21. The molecule has 0 spiro atoms. The summed E-state index contributed by atoms with van der Waals surface area (Å²) in [6.45, 7) is 2.26. The minimum atomic E-state index is -0.518. The molecule has 1 aliphatic rings. The van der Waals surface area contributed by atoms with Crippen LogP contribution in [0, 0.1) is 5.92 Å². The zero-order valence-corrected chi connectivity index (χ0v) is 12.2. The molecule has 19 heavy (non-hydrogen) atoms. The van der Waals surface area contributed by atoms with E-state index in [2.05, 4.69) is 13.0 Å². The summed E-state index contributed by atoms with van der Waals surface area (Å²) in [5.74, 6) is 1.68. The molecule has 0 heterocycles. The van der Waals surface area contributed by atoms with Crippen molar-refractivity contribution in [1.82, 2.24) is 0 Å². The fraction of sp³-hybridized carbons (Fsp3) is 0.647. The van der Waals surface area contributed by atoms with Gasteiger partial charge >= 0.3 is 0 Å². The summed E-state index contributed by atoms with van der Waals surface area (Å²) in [7, 11) is 1.69. The normalized spacial score (nSPS) is 27.8. The van der Waals surface area contributed by atoms with E-state index in [0.717, 1.165) is 43.8 Å². The van der Waals surface area contributed by atoms with Crippen molar-refractivity contribution >= 4 is 0 Å². The number of hydrogen-bond acceptors (Lipinski definition) is 2. The molecule has 2 atom stereocenters. The predicted octanol–water partition coefficient (Wildman–Crippen LogP) is 3.96. The van der Waals surface area contributed by atoms with Crippen molar-refractivity contribution in [2.45, 2.75) is 57.5 Å². The molecule has 0 aromatic heterocycles. The van der Waals surface area contributed by atoms with Crippen LogP contribution in [0.1, 0.15) is 51.0 Å². The Hall–Kier alpha value is -1.02. The number of benzene rings is 1. The average molecular weight is 262 g/mol. The molecule has 0 radical (unpaired) electrons. The van der Waals surface area contributed by atoms with Gasteiger partial charge in [0, 0.05) is 6.42 Å². The van der Waals surface area contributed by atoms with Gasteiger partial charge in [0.25, 0.3) is 0 Å². The largest absolute Gasteiger partial charge is 0.497 e. The molecule has 0 bridgehead atoms. The van der Waals surface area contributed by atoms with Crippen LogP contribution in [0.2, 0.25) is 0 Å². The molecule has 106 valence electrons. The van der Waals surface area contributed by atoms with Gasteiger partial charge in [0.05, 0.1) is 12.7 Å². The van der Waals surface area contributed by atoms with E-state index in [1.165, 1.54) is 18.4 Å². The monoisotopic (exact) mass is 262 g/mol. The quantitative estimate of drug-likeness (QED) is 0.832. The van der Waals surface area contributed by atoms with Crippen LogP contribution in [-0.2, 0) is 6.42 Å². The maximum absolute atomic E-state index is 10.8. The van der Waals surface area contributed by atoms with E-state index in [4.69, 9.17) is 4.74 Å². The molecule has 1 saturated carbocycles. The van der Waals surface area contributed by atoms with Crippen LogP contribution in [0.5, 0.6) is 5.75 Å². The molecule has 1 N–H and O–H groups in total. The van der Waals surface area contributed by atoms with Gasteiger partial charge in [0.2, 0.25) is 0 Å². The Morgan fingerprint density at radius 1 is 1.32 bits per heavy atom. The highest BCUT2D eigenvalue weighted by molar-refractivity contribution is 5.29. The third kappa shape index (κ3) is 3.97. The van der Waals surface area contributed by atoms with Crippen molar-refractivity contribution in [3.63, 3.8) is 0 Å². The first-order valence-electron chi connectivity index (χ1n) is 7.50. The van der Waals surface area contributed by atoms with Crippen molar-refractivity contribution in [3.05, 3.63) is 29.8 Å². The van der Waals surface area contributed by atoms with E-state index in [-0.39, 0.29) is 0 Å². The number of ether oxygens (including phenoxy) is 1. The summed E-state index contributed by atoms with van der Waals surface area (Å²) >= 11 is 0. The van der Waals surface area contributed by atoms with Crippen molar-refractivity contribution in [1.29, 1.82) is 0 Å². The number of aliphatic hydroxyl groups is 1. The van der Waals surface area contributed by atoms with Crippen LogP contribution >= 0.6 is 0 Å². The number of methoxy groups -OCH3 is 1. The van der Waals surface area contributed by atoms with Crippen LogP contribution in [-0.4, -0.2) is 17.8 Å². The molecule has 1 aliphatic carbocycles. The van der Waals surface area contributed by atoms with E-state index in [1.54, 1.807) is 7.11 Å². The molecular formula is C17H26O2. The second-order valence-electron chi connectivity index (χ2n) is 5.96. The summed E-state index contributed by atoms with van der Waals surface area (Å²) in [4.78, 5) is 0. The molecule has 2 rings (SSSR count). The van der Waals surface area contributed by atoms with Gasteiger partial charge < -0.3 is 9.84 Å². The predicted molar refractivity (Wildman–Crippen MR) is 78.5 cm³/mol. The lowest BCUT2D eigenvalue weighted by molar-refractivity contribution is 0.0241. The topological polar surface area (TPSA) is 29.5 Å². The van der Waals surface area contributed by atoms with Crippen LogP contribution in [0.4, 0.5) is 0 Å². The SMILES string of the molecule is CCC1CCCC(O)(Cc2cccc(OC)c2)CC1. The van der Waals surface area contributed by atoms with Gasteiger partial charge in [0.1, 0.15) is 5.75 Å². The minimum Gasteiger partial charge on any atom is -0.497 e. The van der Waals surface area contributed by atoms with E-state index in [1.807, 2.05) is 18.2 Å². The van der Waals surface area contributed by atoms with Crippen LogP contribution in [0.3, 0.4) is 0 Å². The summed E-state index contributed by atoms with van der Waals surface area (Å²) in [5, 5.41) is 10.8. The van der Waals surface area contributed by atoms with Crippen LogP contribution in [0.25, 0.3) is 0 Å². The number of hydrogen-bond donors (Lipinski definition) is 1. The molecule has 1 aromatic rings. The second-order valence-corrected chi connectivity index (χ2v) is 5.96. The van der Waals surface area contributed by atoms with Gasteiger partial charge in [-0.15, -0.1) is 0 Å². The molecule has 2 unspecified atom stereocenters. The van der Waals surface area contributed by atoms with Gasteiger partial charge in [-0.05, 0) is 42.9 Å². The maximum Gasteiger partial charge on any atom is 0.119 e. The summed E-state index contributed by atoms with van der Waals surface area (Å²) in [5.41, 5.74) is 0.660. The van der Waals surface area contributed by atoms with Crippen LogP contribution in [0.15, 0.2) is 24.3 Å². The standard InChI is InChI=1S/C17H26O2/c1-3-14-7-5-10-17(18,11-9-14)13-15-6-4-8-16(12-15)19-2/h4,6,8,12,14,18H,3,5,7,9-11,13H2,1-2H3. The second kappa shape index (κ2) is 6.42. The van der Waals surface area contributed by atoms with Crippen molar-refractivity contribution in [2.24, 2.45) is 5.92 Å². The minimum absolute atomic E-state index is 0.518. The first-order valence-corrected chi connectivity index (χ1v) is 7.50. The lowest BCUT2D eigenvalue weighted by Crippen LogP contribution is -2.30. The third-order valence-electron chi connectivity index (χ3n) is 4.52. The number of rotatable bonds is 4. The van der Waals surface area contributed by atoms with E-state index < -0.39 is 5.60 Å². The highest BCUT2D eigenvalue weighted by atomic mass is 16.5. The Balaban J connectivity index is 2.03. The van der Waals surface area contributed by atoms with Gasteiger partial charge in [-0.1, -0.05) is 38.3 Å². The summed E-state index contributed by atoms with van der Waals surface area (Å²) in [6, 6.07) is 8.08. The van der Waals surface area contributed by atoms with Gasteiger partial charge in [-0.25, -0.2) is 0 Å². The van der Waals surface area contributed by atoms with Crippen molar-refractivity contribution in [3.8, 4) is 5.75 Å². The zero-order chi connectivity index (χ0) is 13.7. The molecule has 0 saturated heterocycles. The molecule has 0 amide bonds. The average Bonchev–Trinajstić information content (AvgIpc) is 2.60. The summed E-state index contributed by atoms with van der Waals surface area (Å²) in [6.07, 6.45) is 7.45.